The molecule has 1 saturated heterocycles. The number of nitrogens with zero attached hydrogens (tertiary/aromatic N) is 2. The summed E-state index contributed by atoms with van der Waals surface area (Å²) in [6, 6.07) is 17.8. The van der Waals surface area contributed by atoms with Gasteiger partial charge in [-0.2, -0.15) is 5.10 Å². The minimum atomic E-state index is -0.139. The molecular weight excluding hydrogens is 362 g/mol. The molecular formula is C20H23N3O3S. The quantitative estimate of drug-likeness (QED) is 0.428. The summed E-state index contributed by atoms with van der Waals surface area (Å²) in [6.07, 6.45) is 2.25. The van der Waals surface area contributed by atoms with Gasteiger partial charge < -0.3 is 19.9 Å². The van der Waals surface area contributed by atoms with E-state index in [1.165, 1.54) is 17.3 Å². The van der Waals surface area contributed by atoms with E-state index in [0.717, 1.165) is 23.5 Å². The SMILES string of the molecule is NC(=NN=Cc1ccc(OCCC2OCCO2)cc1)SCc1ccccc1. The number of nitrogens with two attached hydrogens (primary N) is 1. The molecule has 0 spiro atoms. The molecule has 142 valence electrons. The van der Waals surface area contributed by atoms with Crippen LogP contribution in [0.25, 0.3) is 0 Å². The van der Waals surface area contributed by atoms with Crippen LogP contribution < -0.4 is 10.5 Å². The number of hydrogen-bond donors (Lipinski definition) is 1. The zero-order valence-electron chi connectivity index (χ0n) is 15.0. The average Bonchev–Trinajstić information content (AvgIpc) is 3.22. The molecule has 2 N–H and O–H groups in total. The Morgan fingerprint density at radius 2 is 1.85 bits per heavy atom. The number of ether oxygens (including phenoxy) is 3. The lowest BCUT2D eigenvalue weighted by atomic mass is 10.2. The topological polar surface area (TPSA) is 78.4 Å². The van der Waals surface area contributed by atoms with Crippen molar-refractivity contribution in [1.82, 2.24) is 0 Å². The molecule has 0 aliphatic carbocycles. The second kappa shape index (κ2) is 10.7. The van der Waals surface area contributed by atoms with Crippen LogP contribution >= 0.6 is 11.8 Å². The van der Waals surface area contributed by atoms with Gasteiger partial charge in [-0.3, -0.25) is 0 Å². The molecule has 3 rings (SSSR count). The van der Waals surface area contributed by atoms with Crippen LogP contribution in [0, 0.1) is 0 Å². The molecule has 2 aromatic rings. The molecule has 0 radical (unpaired) electrons. The molecule has 1 heterocycles. The standard InChI is InChI=1S/C20H23N3O3S/c21-20(27-15-17-4-2-1-3-5-17)23-22-14-16-6-8-18(9-7-16)24-11-10-19-25-12-13-26-19/h1-9,14,19H,10-13,15H2,(H2,21,23). The number of rotatable bonds is 8. The predicted molar refractivity (Wildman–Crippen MR) is 109 cm³/mol. The molecule has 6 nitrogen and oxygen atoms in total. The minimum absolute atomic E-state index is 0.139. The van der Waals surface area contributed by atoms with E-state index >= 15 is 0 Å². The second-order valence-electron chi connectivity index (χ2n) is 5.83. The van der Waals surface area contributed by atoms with E-state index in [1.807, 2.05) is 42.5 Å². The summed E-state index contributed by atoms with van der Waals surface area (Å²) in [5.41, 5.74) is 8.00. The van der Waals surface area contributed by atoms with Crippen LogP contribution in [-0.2, 0) is 15.2 Å². The van der Waals surface area contributed by atoms with Crippen molar-refractivity contribution in [3.05, 3.63) is 65.7 Å². The Balaban J connectivity index is 1.40. The van der Waals surface area contributed by atoms with E-state index in [2.05, 4.69) is 22.3 Å². The van der Waals surface area contributed by atoms with E-state index in [0.29, 0.717) is 25.0 Å². The van der Waals surface area contributed by atoms with Gasteiger partial charge in [-0.25, -0.2) is 0 Å². The fourth-order valence-electron chi connectivity index (χ4n) is 2.41. The Hall–Kier alpha value is -2.35. The van der Waals surface area contributed by atoms with Crippen molar-refractivity contribution < 1.29 is 14.2 Å². The zero-order valence-corrected chi connectivity index (χ0v) is 15.8. The third-order valence-corrected chi connectivity index (χ3v) is 4.64. The molecule has 2 aromatic carbocycles. The molecule has 7 heteroatoms. The van der Waals surface area contributed by atoms with Gasteiger partial charge in [0.05, 0.1) is 26.0 Å². The zero-order chi connectivity index (χ0) is 18.7. The first kappa shape index (κ1) is 19.4. The fourth-order valence-corrected chi connectivity index (χ4v) is 3.02. The van der Waals surface area contributed by atoms with Gasteiger partial charge in [0, 0.05) is 12.2 Å². The maximum atomic E-state index is 5.88. The molecule has 0 aromatic heterocycles. The summed E-state index contributed by atoms with van der Waals surface area (Å²) >= 11 is 1.46. The molecule has 0 unspecified atom stereocenters. The largest absolute Gasteiger partial charge is 0.493 e. The molecule has 0 bridgehead atoms. The van der Waals surface area contributed by atoms with E-state index in [-0.39, 0.29) is 6.29 Å². The second-order valence-corrected chi connectivity index (χ2v) is 6.83. The minimum Gasteiger partial charge on any atom is -0.493 e. The third kappa shape index (κ3) is 7.05. The summed E-state index contributed by atoms with van der Waals surface area (Å²) in [5.74, 6) is 1.57. The molecule has 0 amide bonds. The summed E-state index contributed by atoms with van der Waals surface area (Å²) in [6.45, 7) is 1.88. The number of amidine groups is 1. The van der Waals surface area contributed by atoms with Crippen molar-refractivity contribution in [2.24, 2.45) is 15.9 Å². The van der Waals surface area contributed by atoms with Gasteiger partial charge in [-0.05, 0) is 35.4 Å². The molecule has 27 heavy (non-hydrogen) atoms. The first-order chi connectivity index (χ1) is 13.3. The molecule has 0 atom stereocenters. The van der Waals surface area contributed by atoms with Crippen LogP contribution in [0.15, 0.2) is 64.8 Å². The van der Waals surface area contributed by atoms with Crippen LogP contribution in [-0.4, -0.2) is 37.5 Å². The van der Waals surface area contributed by atoms with E-state index in [1.54, 1.807) is 6.21 Å². The highest BCUT2D eigenvalue weighted by Gasteiger charge is 2.15. The maximum absolute atomic E-state index is 5.88. The molecule has 1 aliphatic heterocycles. The summed E-state index contributed by atoms with van der Waals surface area (Å²) in [7, 11) is 0. The van der Waals surface area contributed by atoms with Crippen molar-refractivity contribution in [2.45, 2.75) is 18.5 Å². The molecule has 1 fully saturated rings. The van der Waals surface area contributed by atoms with Crippen molar-refractivity contribution >= 4 is 23.1 Å². The summed E-state index contributed by atoms with van der Waals surface area (Å²) in [5, 5.41) is 8.50. The van der Waals surface area contributed by atoms with Gasteiger partial charge in [0.25, 0.3) is 0 Å². The van der Waals surface area contributed by atoms with Gasteiger partial charge in [0.1, 0.15) is 5.75 Å². The summed E-state index contributed by atoms with van der Waals surface area (Å²) in [4.78, 5) is 0. The lowest BCUT2D eigenvalue weighted by Gasteiger charge is -2.10. The predicted octanol–water partition coefficient (Wildman–Crippen LogP) is 3.41. The Kier molecular flexibility index (Phi) is 7.70. The van der Waals surface area contributed by atoms with Crippen LogP contribution in [0.3, 0.4) is 0 Å². The van der Waals surface area contributed by atoms with Crippen LogP contribution in [0.5, 0.6) is 5.75 Å². The molecule has 1 aliphatic rings. The Bertz CT molecular complexity index is 745. The van der Waals surface area contributed by atoms with Crippen molar-refractivity contribution in [3.8, 4) is 5.75 Å². The van der Waals surface area contributed by atoms with Crippen molar-refractivity contribution in [1.29, 1.82) is 0 Å². The highest BCUT2D eigenvalue weighted by Crippen LogP contribution is 2.14. The van der Waals surface area contributed by atoms with E-state index < -0.39 is 0 Å². The summed E-state index contributed by atoms with van der Waals surface area (Å²) < 4.78 is 16.4. The van der Waals surface area contributed by atoms with Crippen molar-refractivity contribution in [2.75, 3.05) is 19.8 Å². The average molecular weight is 385 g/mol. The van der Waals surface area contributed by atoms with E-state index in [9.17, 15) is 0 Å². The van der Waals surface area contributed by atoms with Crippen LogP contribution in [0.4, 0.5) is 0 Å². The highest BCUT2D eigenvalue weighted by atomic mass is 32.2. The lowest BCUT2D eigenvalue weighted by Crippen LogP contribution is -2.12. The Morgan fingerprint density at radius 3 is 2.59 bits per heavy atom. The van der Waals surface area contributed by atoms with E-state index in [4.69, 9.17) is 19.9 Å². The fraction of sp³-hybridized carbons (Fsp3) is 0.300. The van der Waals surface area contributed by atoms with Gasteiger partial charge in [-0.15, -0.1) is 5.10 Å². The van der Waals surface area contributed by atoms with Gasteiger partial charge in [0.15, 0.2) is 11.5 Å². The molecule has 0 saturated carbocycles. The highest BCUT2D eigenvalue weighted by molar-refractivity contribution is 8.13. The van der Waals surface area contributed by atoms with Gasteiger partial charge in [-0.1, -0.05) is 42.1 Å². The monoisotopic (exact) mass is 385 g/mol. The number of benzene rings is 2. The Labute approximate surface area is 163 Å². The number of thioether (sulfide) groups is 1. The first-order valence-corrected chi connectivity index (χ1v) is 9.77. The Morgan fingerprint density at radius 1 is 1.11 bits per heavy atom. The van der Waals surface area contributed by atoms with Crippen LogP contribution in [0.2, 0.25) is 0 Å². The maximum Gasteiger partial charge on any atom is 0.180 e. The number of hydrogen-bond acceptors (Lipinski definition) is 6. The lowest BCUT2D eigenvalue weighted by molar-refractivity contribution is -0.0531. The first-order valence-electron chi connectivity index (χ1n) is 8.79. The normalized spacial score (nSPS) is 15.5. The third-order valence-electron chi connectivity index (χ3n) is 3.79. The smallest absolute Gasteiger partial charge is 0.180 e. The van der Waals surface area contributed by atoms with Gasteiger partial charge >= 0.3 is 0 Å². The van der Waals surface area contributed by atoms with Crippen LogP contribution in [0.1, 0.15) is 17.5 Å². The van der Waals surface area contributed by atoms with Gasteiger partial charge in [0.2, 0.25) is 0 Å². The van der Waals surface area contributed by atoms with Crippen molar-refractivity contribution in [3.63, 3.8) is 0 Å².